The van der Waals surface area contributed by atoms with Crippen molar-refractivity contribution in [3.63, 3.8) is 0 Å². The Morgan fingerprint density at radius 3 is 2.75 bits per heavy atom. The maximum absolute atomic E-state index is 3.73. The first-order valence-corrected chi connectivity index (χ1v) is 7.11. The van der Waals surface area contributed by atoms with Crippen LogP contribution in [0.4, 0.5) is 0 Å². The standard InChI is InChI=1S/C13H27N3/c1-2-5-13(6-3-1)15-9-12-16-10-4-7-14-8-11-16/h13-15H,1-12H2. The third kappa shape index (κ3) is 4.40. The van der Waals surface area contributed by atoms with Gasteiger partial charge in [0.25, 0.3) is 0 Å². The molecular weight excluding hydrogens is 198 g/mol. The van der Waals surface area contributed by atoms with Crippen LogP contribution in [0.25, 0.3) is 0 Å². The van der Waals surface area contributed by atoms with E-state index >= 15 is 0 Å². The highest BCUT2D eigenvalue weighted by Gasteiger charge is 2.13. The molecule has 2 fully saturated rings. The van der Waals surface area contributed by atoms with Gasteiger partial charge in [0, 0.05) is 32.2 Å². The van der Waals surface area contributed by atoms with Crippen molar-refractivity contribution in [2.75, 3.05) is 39.3 Å². The quantitative estimate of drug-likeness (QED) is 0.753. The van der Waals surface area contributed by atoms with Gasteiger partial charge >= 0.3 is 0 Å². The van der Waals surface area contributed by atoms with Crippen LogP contribution in [0.15, 0.2) is 0 Å². The van der Waals surface area contributed by atoms with E-state index < -0.39 is 0 Å². The van der Waals surface area contributed by atoms with E-state index in [9.17, 15) is 0 Å². The average molecular weight is 225 g/mol. The molecule has 0 aromatic heterocycles. The Kier molecular flexibility index (Phi) is 5.59. The van der Waals surface area contributed by atoms with E-state index in [-0.39, 0.29) is 0 Å². The molecule has 1 aliphatic heterocycles. The zero-order valence-corrected chi connectivity index (χ0v) is 10.5. The van der Waals surface area contributed by atoms with Gasteiger partial charge in [0.15, 0.2) is 0 Å². The molecule has 0 amide bonds. The molecule has 0 aromatic carbocycles. The topological polar surface area (TPSA) is 27.3 Å². The molecular formula is C13H27N3. The Balaban J connectivity index is 1.55. The van der Waals surface area contributed by atoms with E-state index in [0.29, 0.717) is 0 Å². The van der Waals surface area contributed by atoms with E-state index in [0.717, 1.165) is 6.04 Å². The highest BCUT2D eigenvalue weighted by Crippen LogP contribution is 2.16. The summed E-state index contributed by atoms with van der Waals surface area (Å²) < 4.78 is 0. The predicted molar refractivity (Wildman–Crippen MR) is 68.8 cm³/mol. The molecule has 0 spiro atoms. The molecule has 1 saturated heterocycles. The molecule has 3 nitrogen and oxygen atoms in total. The van der Waals surface area contributed by atoms with Crippen molar-refractivity contribution in [2.24, 2.45) is 0 Å². The zero-order valence-electron chi connectivity index (χ0n) is 10.5. The van der Waals surface area contributed by atoms with Gasteiger partial charge < -0.3 is 15.5 Å². The second kappa shape index (κ2) is 7.25. The highest BCUT2D eigenvalue weighted by molar-refractivity contribution is 4.73. The molecule has 94 valence electrons. The van der Waals surface area contributed by atoms with Crippen LogP contribution >= 0.6 is 0 Å². The molecule has 0 atom stereocenters. The summed E-state index contributed by atoms with van der Waals surface area (Å²) in [5.41, 5.74) is 0. The van der Waals surface area contributed by atoms with E-state index in [4.69, 9.17) is 0 Å². The normalized spacial score (nSPS) is 25.5. The van der Waals surface area contributed by atoms with Crippen LogP contribution in [-0.4, -0.2) is 50.2 Å². The molecule has 0 bridgehead atoms. The molecule has 0 radical (unpaired) electrons. The van der Waals surface area contributed by atoms with Gasteiger partial charge in [-0.3, -0.25) is 0 Å². The average Bonchev–Trinajstić information content (AvgIpc) is 2.59. The Bertz CT molecular complexity index is 170. The Labute approximate surface area is 100.0 Å². The third-order valence-corrected chi connectivity index (χ3v) is 3.90. The predicted octanol–water partition coefficient (Wildman–Crippen LogP) is 1.20. The number of rotatable bonds is 4. The largest absolute Gasteiger partial charge is 0.315 e. The number of hydrogen-bond donors (Lipinski definition) is 2. The Hall–Kier alpha value is -0.120. The van der Waals surface area contributed by atoms with Crippen molar-refractivity contribution in [2.45, 2.75) is 44.6 Å². The van der Waals surface area contributed by atoms with Gasteiger partial charge in [0.05, 0.1) is 0 Å². The zero-order chi connectivity index (χ0) is 11.1. The smallest absolute Gasteiger partial charge is 0.0107 e. The molecule has 16 heavy (non-hydrogen) atoms. The fraction of sp³-hybridized carbons (Fsp3) is 1.00. The summed E-state index contributed by atoms with van der Waals surface area (Å²) in [6.45, 7) is 7.30. The molecule has 0 unspecified atom stereocenters. The third-order valence-electron chi connectivity index (χ3n) is 3.90. The SMILES string of the molecule is C1CCC(NCCN2CCCNCC2)CC1. The van der Waals surface area contributed by atoms with Crippen LogP contribution in [0.2, 0.25) is 0 Å². The summed E-state index contributed by atoms with van der Waals surface area (Å²) in [6.07, 6.45) is 8.44. The van der Waals surface area contributed by atoms with Crippen LogP contribution in [0.1, 0.15) is 38.5 Å². The van der Waals surface area contributed by atoms with Crippen LogP contribution < -0.4 is 10.6 Å². The molecule has 1 heterocycles. The van der Waals surface area contributed by atoms with E-state index in [2.05, 4.69) is 15.5 Å². The lowest BCUT2D eigenvalue weighted by atomic mass is 9.95. The van der Waals surface area contributed by atoms with E-state index in [1.807, 2.05) is 0 Å². The first kappa shape index (κ1) is 12.3. The Morgan fingerprint density at radius 2 is 1.88 bits per heavy atom. The van der Waals surface area contributed by atoms with Crippen molar-refractivity contribution < 1.29 is 0 Å². The number of hydrogen-bond acceptors (Lipinski definition) is 3. The lowest BCUT2D eigenvalue weighted by Gasteiger charge is -2.25. The van der Waals surface area contributed by atoms with Crippen molar-refractivity contribution >= 4 is 0 Å². The summed E-state index contributed by atoms with van der Waals surface area (Å²) in [4.78, 5) is 2.59. The van der Waals surface area contributed by atoms with Crippen LogP contribution in [-0.2, 0) is 0 Å². The molecule has 2 rings (SSSR count). The number of nitrogens with zero attached hydrogens (tertiary/aromatic N) is 1. The van der Waals surface area contributed by atoms with Gasteiger partial charge in [0.2, 0.25) is 0 Å². The van der Waals surface area contributed by atoms with Crippen molar-refractivity contribution in [3.8, 4) is 0 Å². The van der Waals surface area contributed by atoms with Gasteiger partial charge in [-0.25, -0.2) is 0 Å². The maximum Gasteiger partial charge on any atom is 0.0107 e. The monoisotopic (exact) mass is 225 g/mol. The summed E-state index contributed by atoms with van der Waals surface area (Å²) >= 11 is 0. The summed E-state index contributed by atoms with van der Waals surface area (Å²) in [5.74, 6) is 0. The first-order chi connectivity index (χ1) is 7.95. The molecule has 2 aliphatic rings. The maximum atomic E-state index is 3.73. The van der Waals surface area contributed by atoms with Gasteiger partial charge in [-0.15, -0.1) is 0 Å². The summed E-state index contributed by atoms with van der Waals surface area (Å²) in [7, 11) is 0. The minimum Gasteiger partial charge on any atom is -0.315 e. The van der Waals surface area contributed by atoms with E-state index in [1.54, 1.807) is 0 Å². The van der Waals surface area contributed by atoms with Crippen LogP contribution in [0.5, 0.6) is 0 Å². The molecule has 1 saturated carbocycles. The van der Waals surface area contributed by atoms with Crippen LogP contribution in [0.3, 0.4) is 0 Å². The van der Waals surface area contributed by atoms with Gasteiger partial charge in [-0.05, 0) is 32.4 Å². The summed E-state index contributed by atoms with van der Waals surface area (Å²) in [6, 6.07) is 0.818. The van der Waals surface area contributed by atoms with E-state index in [1.165, 1.54) is 77.8 Å². The first-order valence-electron chi connectivity index (χ1n) is 7.11. The molecule has 0 aromatic rings. The van der Waals surface area contributed by atoms with Gasteiger partial charge in [-0.1, -0.05) is 19.3 Å². The molecule has 1 aliphatic carbocycles. The van der Waals surface area contributed by atoms with Gasteiger partial charge in [-0.2, -0.15) is 0 Å². The minimum atomic E-state index is 0.818. The van der Waals surface area contributed by atoms with Crippen molar-refractivity contribution in [3.05, 3.63) is 0 Å². The fourth-order valence-electron chi connectivity index (χ4n) is 2.86. The highest BCUT2D eigenvalue weighted by atomic mass is 15.2. The lowest BCUT2D eigenvalue weighted by molar-refractivity contribution is 0.276. The second-order valence-electron chi connectivity index (χ2n) is 5.23. The Morgan fingerprint density at radius 1 is 1.00 bits per heavy atom. The number of nitrogens with one attached hydrogen (secondary N) is 2. The fourth-order valence-corrected chi connectivity index (χ4v) is 2.86. The summed E-state index contributed by atoms with van der Waals surface area (Å²) in [5, 5.41) is 7.18. The molecule has 3 heteroatoms. The van der Waals surface area contributed by atoms with Crippen molar-refractivity contribution in [1.29, 1.82) is 0 Å². The second-order valence-corrected chi connectivity index (χ2v) is 5.23. The van der Waals surface area contributed by atoms with Crippen molar-refractivity contribution in [1.82, 2.24) is 15.5 Å². The van der Waals surface area contributed by atoms with Gasteiger partial charge in [0.1, 0.15) is 0 Å². The molecule has 2 N–H and O–H groups in total. The minimum absolute atomic E-state index is 0.818. The van der Waals surface area contributed by atoms with Crippen LogP contribution in [0, 0.1) is 0 Å². The lowest BCUT2D eigenvalue weighted by Crippen LogP contribution is -2.39.